The number of thioether (sulfide) groups is 1. The van der Waals surface area contributed by atoms with E-state index in [1.807, 2.05) is 32.0 Å². The molecule has 0 amide bonds. The van der Waals surface area contributed by atoms with E-state index in [1.165, 1.54) is 28.3 Å². The summed E-state index contributed by atoms with van der Waals surface area (Å²) < 4.78 is 16.1. The van der Waals surface area contributed by atoms with Gasteiger partial charge in [-0.1, -0.05) is 41.6 Å². The number of benzene rings is 2. The van der Waals surface area contributed by atoms with Gasteiger partial charge in [0, 0.05) is 21.2 Å². The number of hydrogen-bond donors (Lipinski definition) is 0. The molecular weight excluding hydrogens is 463 g/mol. The van der Waals surface area contributed by atoms with Crippen molar-refractivity contribution in [1.82, 2.24) is 9.55 Å². The highest BCUT2D eigenvalue weighted by Gasteiger charge is 2.24. The molecule has 3 nitrogen and oxygen atoms in total. The molecule has 2 heterocycles. The van der Waals surface area contributed by atoms with Crippen molar-refractivity contribution < 1.29 is 4.39 Å². The average Bonchev–Trinajstić information content (AvgIpc) is 3.14. The Morgan fingerprint density at radius 1 is 1.19 bits per heavy atom. The van der Waals surface area contributed by atoms with Gasteiger partial charge in [0.15, 0.2) is 5.16 Å². The summed E-state index contributed by atoms with van der Waals surface area (Å²) in [6, 6.07) is 10.8. The third-order valence-electron chi connectivity index (χ3n) is 5.97. The van der Waals surface area contributed by atoms with E-state index in [0.717, 1.165) is 52.7 Å². The Labute approximate surface area is 199 Å². The maximum atomic E-state index is 14.4. The highest BCUT2D eigenvalue weighted by molar-refractivity contribution is 7.98. The van der Waals surface area contributed by atoms with Gasteiger partial charge in [-0.2, -0.15) is 0 Å². The molecule has 0 atom stereocenters. The van der Waals surface area contributed by atoms with Gasteiger partial charge in [-0.15, -0.1) is 11.3 Å². The van der Waals surface area contributed by atoms with Crippen LogP contribution in [0.25, 0.3) is 15.9 Å². The first kappa shape index (κ1) is 21.7. The SMILES string of the molecule is Cc1ccc(C)c(-n2c(SCc3c(F)cccc3Cl)nc3sc4c(c3c2=O)CCCC4)c1. The average molecular weight is 485 g/mol. The molecule has 164 valence electrons. The fourth-order valence-corrected chi connectivity index (χ4v) is 6.91. The van der Waals surface area contributed by atoms with Crippen LogP contribution in [0.15, 0.2) is 46.3 Å². The van der Waals surface area contributed by atoms with Crippen LogP contribution in [0.1, 0.15) is 40.0 Å². The second-order valence-corrected chi connectivity index (χ2v) is 10.6. The Balaban J connectivity index is 1.72. The lowest BCUT2D eigenvalue weighted by Crippen LogP contribution is -2.23. The molecular formula is C25H22ClFN2OS2. The summed E-state index contributed by atoms with van der Waals surface area (Å²) in [6.07, 6.45) is 4.19. The van der Waals surface area contributed by atoms with Crippen molar-refractivity contribution in [2.75, 3.05) is 0 Å². The molecule has 0 fully saturated rings. The molecule has 0 aliphatic heterocycles. The van der Waals surface area contributed by atoms with Gasteiger partial charge in [-0.3, -0.25) is 9.36 Å². The van der Waals surface area contributed by atoms with Gasteiger partial charge in [-0.25, -0.2) is 9.37 Å². The molecule has 1 aliphatic carbocycles. The highest BCUT2D eigenvalue weighted by atomic mass is 35.5. The minimum Gasteiger partial charge on any atom is -0.268 e. The lowest BCUT2D eigenvalue weighted by Gasteiger charge is -2.16. The minimum absolute atomic E-state index is 0.0368. The Morgan fingerprint density at radius 2 is 2.00 bits per heavy atom. The number of thiophene rings is 1. The molecule has 5 rings (SSSR count). The Hall–Kier alpha value is -2.15. The summed E-state index contributed by atoms with van der Waals surface area (Å²) >= 11 is 9.23. The van der Waals surface area contributed by atoms with Crippen LogP contribution in [0.5, 0.6) is 0 Å². The summed E-state index contributed by atoms with van der Waals surface area (Å²) in [5.41, 5.74) is 4.44. The van der Waals surface area contributed by atoms with Gasteiger partial charge in [0.1, 0.15) is 10.6 Å². The molecule has 32 heavy (non-hydrogen) atoms. The zero-order valence-corrected chi connectivity index (χ0v) is 20.3. The van der Waals surface area contributed by atoms with Gasteiger partial charge >= 0.3 is 0 Å². The van der Waals surface area contributed by atoms with E-state index in [1.54, 1.807) is 28.0 Å². The molecule has 4 aromatic rings. The third kappa shape index (κ3) is 3.78. The Bertz CT molecular complexity index is 1390. The summed E-state index contributed by atoms with van der Waals surface area (Å²) in [4.78, 5) is 20.9. The van der Waals surface area contributed by atoms with Gasteiger partial charge in [0.25, 0.3) is 5.56 Å². The lowest BCUT2D eigenvalue weighted by molar-refractivity contribution is 0.617. The molecule has 7 heteroatoms. The van der Waals surface area contributed by atoms with Crippen LogP contribution in [-0.4, -0.2) is 9.55 Å². The molecule has 0 unspecified atom stereocenters. The third-order valence-corrected chi connectivity index (χ3v) is 8.48. The van der Waals surface area contributed by atoms with Crippen LogP contribution in [0, 0.1) is 19.7 Å². The number of aromatic nitrogens is 2. The molecule has 0 saturated carbocycles. The van der Waals surface area contributed by atoms with Crippen LogP contribution >= 0.6 is 34.7 Å². The van der Waals surface area contributed by atoms with Crippen LogP contribution in [0.3, 0.4) is 0 Å². The van der Waals surface area contributed by atoms with E-state index in [-0.39, 0.29) is 11.4 Å². The van der Waals surface area contributed by atoms with Gasteiger partial charge in [0.05, 0.1) is 11.1 Å². The van der Waals surface area contributed by atoms with E-state index in [0.29, 0.717) is 21.5 Å². The van der Waals surface area contributed by atoms with Crippen LogP contribution in [0.2, 0.25) is 5.02 Å². The number of aryl methyl sites for hydroxylation is 4. The molecule has 0 radical (unpaired) electrons. The van der Waals surface area contributed by atoms with Gasteiger partial charge in [0.2, 0.25) is 0 Å². The van der Waals surface area contributed by atoms with E-state index >= 15 is 0 Å². The lowest BCUT2D eigenvalue weighted by atomic mass is 9.97. The van der Waals surface area contributed by atoms with E-state index in [2.05, 4.69) is 0 Å². The van der Waals surface area contributed by atoms with Crippen LogP contribution in [-0.2, 0) is 18.6 Å². The quantitative estimate of drug-likeness (QED) is 0.230. The number of fused-ring (bicyclic) bond motifs is 3. The van der Waals surface area contributed by atoms with Crippen LogP contribution in [0.4, 0.5) is 4.39 Å². The second-order valence-electron chi connectivity index (χ2n) is 8.20. The molecule has 1 aliphatic rings. The predicted octanol–water partition coefficient (Wildman–Crippen LogP) is 7.03. The highest BCUT2D eigenvalue weighted by Crippen LogP contribution is 2.36. The molecule has 0 bridgehead atoms. The molecule has 2 aromatic heterocycles. The normalized spacial score (nSPS) is 13.5. The monoisotopic (exact) mass is 484 g/mol. The van der Waals surface area contributed by atoms with Crippen molar-refractivity contribution in [1.29, 1.82) is 0 Å². The Morgan fingerprint density at radius 3 is 2.81 bits per heavy atom. The van der Waals surface area contributed by atoms with E-state index < -0.39 is 0 Å². The predicted molar refractivity (Wildman–Crippen MR) is 132 cm³/mol. The largest absolute Gasteiger partial charge is 0.268 e. The fraction of sp³-hybridized carbons (Fsp3) is 0.280. The first-order valence-electron chi connectivity index (χ1n) is 10.6. The summed E-state index contributed by atoms with van der Waals surface area (Å²) in [5, 5.41) is 1.69. The van der Waals surface area contributed by atoms with Crippen molar-refractivity contribution >= 4 is 44.9 Å². The van der Waals surface area contributed by atoms with Gasteiger partial charge < -0.3 is 0 Å². The zero-order valence-electron chi connectivity index (χ0n) is 17.9. The summed E-state index contributed by atoms with van der Waals surface area (Å²) in [6.45, 7) is 4.01. The molecule has 2 aromatic carbocycles. The molecule has 0 saturated heterocycles. The molecule has 0 N–H and O–H groups in total. The van der Waals surface area contributed by atoms with Crippen LogP contribution < -0.4 is 5.56 Å². The number of halogens is 2. The van der Waals surface area contributed by atoms with Crippen molar-refractivity contribution in [2.24, 2.45) is 0 Å². The number of rotatable bonds is 4. The maximum absolute atomic E-state index is 14.4. The van der Waals surface area contributed by atoms with Crippen molar-refractivity contribution in [3.05, 3.63) is 84.7 Å². The zero-order chi connectivity index (χ0) is 22.4. The first-order valence-corrected chi connectivity index (χ1v) is 12.8. The van der Waals surface area contributed by atoms with Crippen molar-refractivity contribution in [3.8, 4) is 5.69 Å². The first-order chi connectivity index (χ1) is 15.4. The second kappa shape index (κ2) is 8.65. The van der Waals surface area contributed by atoms with Gasteiger partial charge in [-0.05, 0) is 74.4 Å². The Kier molecular flexibility index (Phi) is 5.86. The standard InChI is InChI=1S/C25H22ClFN2OS2/c1-14-10-11-15(2)20(12-14)29-24(30)22-16-6-3-4-9-21(16)32-23(22)28-25(29)31-13-17-18(26)7-5-8-19(17)27/h5,7-8,10-12H,3-4,6,9,13H2,1-2H3. The number of nitrogens with zero attached hydrogens (tertiary/aromatic N) is 2. The summed E-state index contributed by atoms with van der Waals surface area (Å²) in [5.74, 6) is -0.0577. The van der Waals surface area contributed by atoms with E-state index in [9.17, 15) is 9.18 Å². The van der Waals surface area contributed by atoms with E-state index in [4.69, 9.17) is 16.6 Å². The number of hydrogen-bond acceptors (Lipinski definition) is 4. The molecule has 0 spiro atoms. The van der Waals surface area contributed by atoms with Crippen molar-refractivity contribution in [3.63, 3.8) is 0 Å². The van der Waals surface area contributed by atoms with Crippen molar-refractivity contribution in [2.45, 2.75) is 50.4 Å². The maximum Gasteiger partial charge on any atom is 0.267 e. The smallest absolute Gasteiger partial charge is 0.267 e. The minimum atomic E-state index is -0.349. The topological polar surface area (TPSA) is 34.9 Å². The fourth-order valence-electron chi connectivity index (χ4n) is 4.26. The summed E-state index contributed by atoms with van der Waals surface area (Å²) in [7, 11) is 0.